The molecule has 0 unspecified atom stereocenters. The molecule has 0 aromatic carbocycles. The van der Waals surface area contributed by atoms with E-state index in [1.807, 2.05) is 16.4 Å². The first-order valence-electron chi connectivity index (χ1n) is 10.2. The fraction of sp³-hybridized carbons (Fsp3) is 0.450. The number of anilines is 1. The molecule has 0 saturated carbocycles. The average molecular weight is 442 g/mol. The molecule has 1 aliphatic rings. The second kappa shape index (κ2) is 9.18. The number of oxazole rings is 1. The number of piperidine rings is 1. The summed E-state index contributed by atoms with van der Waals surface area (Å²) in [5.41, 5.74) is 0.221. The van der Waals surface area contributed by atoms with Crippen LogP contribution >= 0.6 is 12.2 Å². The van der Waals surface area contributed by atoms with Crippen molar-refractivity contribution in [3.63, 3.8) is 0 Å². The van der Waals surface area contributed by atoms with Crippen LogP contribution in [0.2, 0.25) is 0 Å². The zero-order valence-corrected chi connectivity index (χ0v) is 17.9. The van der Waals surface area contributed by atoms with Crippen LogP contribution in [-0.4, -0.2) is 45.3 Å². The number of aromatic amines is 1. The summed E-state index contributed by atoms with van der Waals surface area (Å²) in [6.45, 7) is 4.46. The second-order valence-corrected chi connectivity index (χ2v) is 7.64. The van der Waals surface area contributed by atoms with E-state index in [9.17, 15) is 10.1 Å². The lowest BCUT2D eigenvalue weighted by Crippen LogP contribution is -2.41. The van der Waals surface area contributed by atoms with Crippen LogP contribution in [0.4, 0.5) is 5.88 Å². The predicted molar refractivity (Wildman–Crippen MR) is 114 cm³/mol. The summed E-state index contributed by atoms with van der Waals surface area (Å²) in [6, 6.07) is 5.54. The lowest BCUT2D eigenvalue weighted by Gasteiger charge is -2.30. The molecular weight excluding hydrogens is 418 g/mol. The summed E-state index contributed by atoms with van der Waals surface area (Å²) < 4.78 is 13.6. The van der Waals surface area contributed by atoms with Gasteiger partial charge in [-0.05, 0) is 44.1 Å². The molecule has 0 spiro atoms. The van der Waals surface area contributed by atoms with Gasteiger partial charge in [-0.25, -0.2) is 0 Å². The average Bonchev–Trinajstić information content (AvgIpc) is 3.53. The highest BCUT2D eigenvalue weighted by Gasteiger charge is 2.29. The van der Waals surface area contributed by atoms with Gasteiger partial charge in [-0.1, -0.05) is 0 Å². The Morgan fingerprint density at radius 3 is 2.94 bits per heavy atom. The van der Waals surface area contributed by atoms with Crippen LogP contribution in [-0.2, 0) is 17.8 Å². The molecule has 2 N–H and O–H groups in total. The maximum atomic E-state index is 12.6. The highest BCUT2D eigenvalue weighted by atomic mass is 32.1. The van der Waals surface area contributed by atoms with E-state index in [0.29, 0.717) is 55.3 Å². The molecule has 1 amide bonds. The third-order valence-corrected chi connectivity index (χ3v) is 5.71. The minimum absolute atomic E-state index is 0.0335. The summed E-state index contributed by atoms with van der Waals surface area (Å²) in [6.07, 6.45) is 3.48. The van der Waals surface area contributed by atoms with Gasteiger partial charge in [0.2, 0.25) is 17.5 Å². The molecule has 11 heteroatoms. The van der Waals surface area contributed by atoms with Crippen LogP contribution in [0.5, 0.6) is 0 Å². The lowest BCUT2D eigenvalue weighted by atomic mass is 9.96. The van der Waals surface area contributed by atoms with Crippen LogP contribution in [0, 0.1) is 22.0 Å². The fourth-order valence-corrected chi connectivity index (χ4v) is 4.04. The van der Waals surface area contributed by atoms with E-state index in [4.69, 9.17) is 21.1 Å². The zero-order valence-electron chi connectivity index (χ0n) is 17.1. The molecule has 0 atom stereocenters. The van der Waals surface area contributed by atoms with Gasteiger partial charge >= 0.3 is 0 Å². The Hall–Kier alpha value is -3.39. The van der Waals surface area contributed by atoms with Crippen molar-refractivity contribution >= 4 is 24.0 Å². The smallest absolute Gasteiger partial charge is 0.266 e. The highest BCUT2D eigenvalue weighted by Crippen LogP contribution is 2.31. The first-order valence-corrected chi connectivity index (χ1v) is 10.6. The van der Waals surface area contributed by atoms with E-state index >= 15 is 0 Å². The van der Waals surface area contributed by atoms with Gasteiger partial charge in [0.25, 0.3) is 5.89 Å². The number of amides is 1. The number of aromatic nitrogens is 4. The molecule has 4 rings (SSSR count). The number of carbonyl (C=O) groups is 1. The number of nitriles is 1. The van der Waals surface area contributed by atoms with E-state index in [-0.39, 0.29) is 23.4 Å². The molecule has 4 heterocycles. The SMILES string of the molecule is CCn1c(CCNC(=O)C2CCN(c3oc(-c4ccco4)nc3C#N)CC2)n[nH]c1=S. The van der Waals surface area contributed by atoms with Gasteiger partial charge in [-0.2, -0.15) is 15.3 Å². The Balaban J connectivity index is 1.31. The zero-order chi connectivity index (χ0) is 21.8. The maximum absolute atomic E-state index is 12.6. The van der Waals surface area contributed by atoms with E-state index in [2.05, 4.69) is 26.6 Å². The normalized spacial score (nSPS) is 14.5. The number of hydrogen-bond donors (Lipinski definition) is 2. The van der Waals surface area contributed by atoms with E-state index in [1.54, 1.807) is 12.1 Å². The van der Waals surface area contributed by atoms with E-state index < -0.39 is 0 Å². The number of carbonyl (C=O) groups excluding carboxylic acids is 1. The van der Waals surface area contributed by atoms with Crippen LogP contribution in [0.25, 0.3) is 11.7 Å². The predicted octanol–water partition coefficient (Wildman–Crippen LogP) is 2.66. The van der Waals surface area contributed by atoms with Gasteiger partial charge in [0, 0.05) is 38.5 Å². The molecule has 0 bridgehead atoms. The third-order valence-electron chi connectivity index (χ3n) is 5.40. The number of rotatable bonds is 7. The summed E-state index contributed by atoms with van der Waals surface area (Å²) in [7, 11) is 0. The van der Waals surface area contributed by atoms with Crippen molar-refractivity contribution in [2.75, 3.05) is 24.5 Å². The van der Waals surface area contributed by atoms with Crippen LogP contribution in [0.3, 0.4) is 0 Å². The Kier molecular flexibility index (Phi) is 6.18. The molecule has 162 valence electrons. The summed E-state index contributed by atoms with van der Waals surface area (Å²) in [5, 5.41) is 19.4. The molecule has 0 radical (unpaired) electrons. The van der Waals surface area contributed by atoms with E-state index in [0.717, 1.165) is 12.4 Å². The molecule has 1 fully saturated rings. The minimum atomic E-state index is -0.0822. The number of nitrogens with zero attached hydrogens (tertiary/aromatic N) is 5. The Morgan fingerprint density at radius 2 is 2.26 bits per heavy atom. The standard InChI is InChI=1S/C20H23N7O3S/c1-2-27-16(24-25-20(27)31)5-8-22-17(28)13-6-9-26(10-7-13)19-14(12-21)23-18(30-19)15-4-3-11-29-15/h3-4,11,13H,2,5-10H2,1H3,(H,22,28)(H,25,31). The molecule has 0 aliphatic carbocycles. The van der Waals surface area contributed by atoms with E-state index in [1.165, 1.54) is 6.26 Å². The van der Waals surface area contributed by atoms with Crippen LogP contribution in [0.15, 0.2) is 27.2 Å². The Labute approximate surface area is 183 Å². The Morgan fingerprint density at radius 1 is 1.45 bits per heavy atom. The van der Waals surface area contributed by atoms with Gasteiger partial charge in [0.1, 0.15) is 11.9 Å². The van der Waals surface area contributed by atoms with Gasteiger partial charge in [-0.3, -0.25) is 9.89 Å². The van der Waals surface area contributed by atoms with Crippen molar-refractivity contribution in [1.82, 2.24) is 25.1 Å². The van der Waals surface area contributed by atoms with Gasteiger partial charge in [-0.15, -0.1) is 0 Å². The van der Waals surface area contributed by atoms with Crippen molar-refractivity contribution in [3.05, 3.63) is 34.7 Å². The first-order chi connectivity index (χ1) is 15.1. The summed E-state index contributed by atoms with van der Waals surface area (Å²) in [4.78, 5) is 18.8. The molecule has 10 nitrogen and oxygen atoms in total. The van der Waals surface area contributed by atoms with Crippen molar-refractivity contribution in [1.29, 1.82) is 5.26 Å². The fourth-order valence-electron chi connectivity index (χ4n) is 3.76. The van der Waals surface area contributed by atoms with Gasteiger partial charge < -0.3 is 23.6 Å². The Bertz CT molecular complexity index is 1130. The van der Waals surface area contributed by atoms with Crippen molar-refractivity contribution in [3.8, 4) is 17.7 Å². The van der Waals surface area contributed by atoms with Crippen molar-refractivity contribution in [2.45, 2.75) is 32.7 Å². The monoisotopic (exact) mass is 441 g/mol. The summed E-state index contributed by atoms with van der Waals surface area (Å²) in [5.74, 6) is 1.97. The number of H-pyrrole nitrogens is 1. The highest BCUT2D eigenvalue weighted by molar-refractivity contribution is 7.71. The molecule has 1 saturated heterocycles. The molecular formula is C20H23N7O3S. The molecule has 3 aromatic heterocycles. The topological polar surface area (TPSA) is 129 Å². The third kappa shape index (κ3) is 4.39. The van der Waals surface area contributed by atoms with Crippen molar-refractivity contribution < 1.29 is 13.6 Å². The number of hydrogen-bond acceptors (Lipinski definition) is 8. The molecule has 31 heavy (non-hydrogen) atoms. The van der Waals surface area contributed by atoms with Gasteiger partial charge in [0.05, 0.1) is 6.26 Å². The quantitative estimate of drug-likeness (QED) is 0.536. The molecule has 3 aromatic rings. The maximum Gasteiger partial charge on any atom is 0.266 e. The van der Waals surface area contributed by atoms with Crippen LogP contribution < -0.4 is 10.2 Å². The largest absolute Gasteiger partial charge is 0.459 e. The van der Waals surface area contributed by atoms with Crippen molar-refractivity contribution in [2.24, 2.45) is 5.92 Å². The van der Waals surface area contributed by atoms with Crippen LogP contribution in [0.1, 0.15) is 31.3 Å². The number of furan rings is 1. The first kappa shape index (κ1) is 20.9. The summed E-state index contributed by atoms with van der Waals surface area (Å²) >= 11 is 5.19. The number of nitrogens with one attached hydrogen (secondary N) is 2. The lowest BCUT2D eigenvalue weighted by molar-refractivity contribution is -0.125. The minimum Gasteiger partial charge on any atom is -0.459 e. The van der Waals surface area contributed by atoms with Gasteiger partial charge in [0.15, 0.2) is 10.5 Å². The molecule has 1 aliphatic heterocycles. The second-order valence-electron chi connectivity index (χ2n) is 7.25.